The van der Waals surface area contributed by atoms with Crippen molar-refractivity contribution in [2.45, 2.75) is 33.2 Å². The van der Waals surface area contributed by atoms with Crippen LogP contribution in [0.2, 0.25) is 0 Å². The molecule has 0 bridgehead atoms. The summed E-state index contributed by atoms with van der Waals surface area (Å²) >= 11 is 0. The average Bonchev–Trinajstić information content (AvgIpc) is 3.01. The van der Waals surface area contributed by atoms with Gasteiger partial charge in [0.15, 0.2) is 0 Å². The SMILES string of the molecule is CCc1noc(C)c1C(=O)N1CCN(C(C)=O)[C@H](c2ccccc2)C1. The van der Waals surface area contributed by atoms with Crippen LogP contribution in [0, 0.1) is 6.92 Å². The third-order valence-corrected chi connectivity index (χ3v) is 4.74. The van der Waals surface area contributed by atoms with Crippen LogP contribution in [0.3, 0.4) is 0 Å². The van der Waals surface area contributed by atoms with Gasteiger partial charge in [0, 0.05) is 26.6 Å². The number of carbonyl (C=O) groups excluding carboxylic acids is 2. The molecular weight excluding hydrogens is 318 g/mol. The van der Waals surface area contributed by atoms with E-state index >= 15 is 0 Å². The van der Waals surface area contributed by atoms with Gasteiger partial charge in [0.25, 0.3) is 5.91 Å². The summed E-state index contributed by atoms with van der Waals surface area (Å²) in [7, 11) is 0. The van der Waals surface area contributed by atoms with Gasteiger partial charge in [-0.2, -0.15) is 0 Å². The second kappa shape index (κ2) is 7.09. The number of amides is 2. The fraction of sp³-hybridized carbons (Fsp3) is 0.421. The van der Waals surface area contributed by atoms with E-state index in [2.05, 4.69) is 5.16 Å². The molecule has 1 fully saturated rings. The standard InChI is InChI=1S/C19H23N3O3/c1-4-16-18(13(2)25-20-16)19(24)21-10-11-22(14(3)23)17(12-21)15-8-6-5-7-9-15/h5-9,17H,4,10-12H2,1-3H3/t17-/m0/s1. The summed E-state index contributed by atoms with van der Waals surface area (Å²) in [5.74, 6) is 0.503. The van der Waals surface area contributed by atoms with Crippen molar-refractivity contribution in [2.24, 2.45) is 0 Å². The van der Waals surface area contributed by atoms with Gasteiger partial charge in [0.05, 0.1) is 11.7 Å². The van der Waals surface area contributed by atoms with Crippen molar-refractivity contribution in [1.29, 1.82) is 0 Å². The van der Waals surface area contributed by atoms with Crippen molar-refractivity contribution in [3.05, 3.63) is 52.9 Å². The predicted octanol–water partition coefficient (Wildman–Crippen LogP) is 2.59. The molecule has 0 saturated carbocycles. The zero-order valence-corrected chi connectivity index (χ0v) is 14.9. The van der Waals surface area contributed by atoms with E-state index in [1.165, 1.54) is 0 Å². The quantitative estimate of drug-likeness (QED) is 0.861. The van der Waals surface area contributed by atoms with E-state index in [1.54, 1.807) is 18.7 Å². The fourth-order valence-corrected chi connectivity index (χ4v) is 3.40. The molecule has 1 saturated heterocycles. The molecule has 6 heteroatoms. The van der Waals surface area contributed by atoms with Crippen molar-refractivity contribution >= 4 is 11.8 Å². The lowest BCUT2D eigenvalue weighted by molar-refractivity contribution is -0.133. The fourth-order valence-electron chi connectivity index (χ4n) is 3.40. The number of nitrogens with zero attached hydrogens (tertiary/aromatic N) is 3. The zero-order chi connectivity index (χ0) is 18.0. The van der Waals surface area contributed by atoms with Crippen LogP contribution in [0.5, 0.6) is 0 Å². The lowest BCUT2D eigenvalue weighted by atomic mass is 10.0. The van der Waals surface area contributed by atoms with Crippen molar-refractivity contribution < 1.29 is 14.1 Å². The van der Waals surface area contributed by atoms with Gasteiger partial charge in [-0.15, -0.1) is 0 Å². The Kier molecular flexibility index (Phi) is 4.88. The van der Waals surface area contributed by atoms with Gasteiger partial charge >= 0.3 is 0 Å². The monoisotopic (exact) mass is 341 g/mol. The molecule has 25 heavy (non-hydrogen) atoms. The minimum atomic E-state index is -0.137. The van der Waals surface area contributed by atoms with Crippen LogP contribution in [0.1, 0.15) is 47.3 Å². The Morgan fingerprint density at radius 3 is 2.60 bits per heavy atom. The van der Waals surface area contributed by atoms with Gasteiger partial charge in [0.2, 0.25) is 5.91 Å². The number of rotatable bonds is 3. The first-order valence-corrected chi connectivity index (χ1v) is 8.59. The van der Waals surface area contributed by atoms with Gasteiger partial charge in [-0.1, -0.05) is 42.4 Å². The third kappa shape index (κ3) is 3.29. The largest absolute Gasteiger partial charge is 0.361 e. The van der Waals surface area contributed by atoms with Crippen molar-refractivity contribution in [2.75, 3.05) is 19.6 Å². The van der Waals surface area contributed by atoms with Crippen LogP contribution in [-0.4, -0.2) is 46.4 Å². The summed E-state index contributed by atoms with van der Waals surface area (Å²) in [6.45, 7) is 6.79. The first-order valence-electron chi connectivity index (χ1n) is 8.59. The molecule has 3 rings (SSSR count). The van der Waals surface area contributed by atoms with Crippen molar-refractivity contribution in [1.82, 2.24) is 15.0 Å². The van der Waals surface area contributed by atoms with E-state index < -0.39 is 0 Å². The zero-order valence-electron chi connectivity index (χ0n) is 14.9. The molecule has 1 aliphatic rings. The number of piperazine rings is 1. The summed E-state index contributed by atoms with van der Waals surface area (Å²) in [6, 6.07) is 9.71. The second-order valence-corrected chi connectivity index (χ2v) is 6.30. The van der Waals surface area contributed by atoms with Gasteiger partial charge in [-0.25, -0.2) is 0 Å². The number of hydrogen-bond acceptors (Lipinski definition) is 4. The first kappa shape index (κ1) is 17.2. The Morgan fingerprint density at radius 2 is 1.96 bits per heavy atom. The molecular formula is C19H23N3O3. The Balaban J connectivity index is 1.88. The van der Waals surface area contributed by atoms with Crippen LogP contribution >= 0.6 is 0 Å². The molecule has 1 aromatic carbocycles. The molecule has 132 valence electrons. The highest BCUT2D eigenvalue weighted by Gasteiger charge is 2.34. The molecule has 0 unspecified atom stereocenters. The molecule has 0 aliphatic carbocycles. The Morgan fingerprint density at radius 1 is 1.24 bits per heavy atom. The first-order chi connectivity index (χ1) is 12.0. The molecule has 2 aromatic rings. The summed E-state index contributed by atoms with van der Waals surface area (Å²) in [6.07, 6.45) is 0.647. The summed E-state index contributed by atoms with van der Waals surface area (Å²) in [4.78, 5) is 28.7. The maximum absolute atomic E-state index is 13.0. The van der Waals surface area contributed by atoms with Gasteiger partial charge < -0.3 is 14.3 Å². The second-order valence-electron chi connectivity index (χ2n) is 6.30. The van der Waals surface area contributed by atoms with Gasteiger partial charge in [0.1, 0.15) is 11.3 Å². The maximum Gasteiger partial charge on any atom is 0.259 e. The van der Waals surface area contributed by atoms with Crippen molar-refractivity contribution in [3.8, 4) is 0 Å². The topological polar surface area (TPSA) is 66.7 Å². The van der Waals surface area contributed by atoms with E-state index in [0.717, 1.165) is 5.56 Å². The Bertz CT molecular complexity index is 769. The van der Waals surface area contributed by atoms with Gasteiger partial charge in [-0.05, 0) is 18.9 Å². The molecule has 1 aliphatic heterocycles. The summed E-state index contributed by atoms with van der Waals surface area (Å²) in [5, 5.41) is 3.98. The smallest absolute Gasteiger partial charge is 0.259 e. The van der Waals surface area contributed by atoms with Crippen LogP contribution in [0.25, 0.3) is 0 Å². The van der Waals surface area contributed by atoms with E-state index in [1.807, 2.05) is 42.2 Å². The highest BCUT2D eigenvalue weighted by molar-refractivity contribution is 5.96. The summed E-state index contributed by atoms with van der Waals surface area (Å²) in [5.41, 5.74) is 2.28. The van der Waals surface area contributed by atoms with Crippen LogP contribution in [0.4, 0.5) is 0 Å². The number of aromatic nitrogens is 1. The molecule has 0 spiro atoms. The third-order valence-electron chi connectivity index (χ3n) is 4.74. The van der Waals surface area contributed by atoms with Crippen LogP contribution < -0.4 is 0 Å². The Hall–Kier alpha value is -2.63. The molecule has 0 N–H and O–H groups in total. The van der Waals surface area contributed by atoms with Gasteiger partial charge in [-0.3, -0.25) is 9.59 Å². The number of aryl methyl sites for hydroxylation is 2. The lowest BCUT2D eigenvalue weighted by Gasteiger charge is -2.41. The molecule has 0 radical (unpaired) electrons. The van der Waals surface area contributed by atoms with E-state index in [-0.39, 0.29) is 17.9 Å². The Labute approximate surface area is 147 Å². The number of carbonyl (C=O) groups is 2. The molecule has 1 aromatic heterocycles. The van der Waals surface area contributed by atoms with Crippen molar-refractivity contribution in [3.63, 3.8) is 0 Å². The summed E-state index contributed by atoms with van der Waals surface area (Å²) < 4.78 is 5.21. The molecule has 1 atom stereocenters. The lowest BCUT2D eigenvalue weighted by Crippen LogP contribution is -2.52. The minimum Gasteiger partial charge on any atom is -0.361 e. The number of benzene rings is 1. The minimum absolute atomic E-state index is 0.0244. The van der Waals surface area contributed by atoms with E-state index in [9.17, 15) is 9.59 Å². The highest BCUT2D eigenvalue weighted by Crippen LogP contribution is 2.27. The number of hydrogen-bond donors (Lipinski definition) is 0. The molecule has 6 nitrogen and oxygen atoms in total. The maximum atomic E-state index is 13.0. The highest BCUT2D eigenvalue weighted by atomic mass is 16.5. The molecule has 2 amide bonds. The molecule has 2 heterocycles. The van der Waals surface area contributed by atoms with Crippen LogP contribution in [0.15, 0.2) is 34.9 Å². The van der Waals surface area contributed by atoms with E-state index in [4.69, 9.17) is 4.52 Å². The normalized spacial score (nSPS) is 17.6. The van der Waals surface area contributed by atoms with Crippen LogP contribution in [-0.2, 0) is 11.2 Å². The predicted molar refractivity (Wildman–Crippen MR) is 93.1 cm³/mol. The van der Waals surface area contributed by atoms with E-state index in [0.29, 0.717) is 43.1 Å². The average molecular weight is 341 g/mol.